The topological polar surface area (TPSA) is 37.8 Å². The van der Waals surface area contributed by atoms with Gasteiger partial charge in [-0.25, -0.2) is 14.4 Å². The van der Waals surface area contributed by atoms with Crippen LogP contribution in [0.1, 0.15) is 17.4 Å². The fourth-order valence-electron chi connectivity index (χ4n) is 1.72. The first kappa shape index (κ1) is 12.9. The highest BCUT2D eigenvalue weighted by atomic mass is 35.5. The summed E-state index contributed by atoms with van der Waals surface area (Å²) < 4.78 is 13.7. The average molecular weight is 266 g/mol. The first-order chi connectivity index (χ1) is 8.70. The number of benzene rings is 1. The lowest BCUT2D eigenvalue weighted by Gasteiger charge is -2.15. The molecule has 0 bridgehead atoms. The molecule has 0 radical (unpaired) electrons. The molecule has 0 aliphatic heterocycles. The summed E-state index contributed by atoms with van der Waals surface area (Å²) in [5.41, 5.74) is 0.589. The van der Waals surface area contributed by atoms with E-state index in [1.54, 1.807) is 37.6 Å². The minimum Gasteiger partial charge on any atom is -0.310 e. The molecule has 0 saturated heterocycles. The standard InChI is InChI=1S/C13H13ClFN3/c1-16-12(13-17-5-2-6-18-13)7-9-3-4-10(14)8-11(9)15/h2-6,8,12,16H,7H2,1H3. The maximum Gasteiger partial charge on any atom is 0.145 e. The number of hydrogen-bond donors (Lipinski definition) is 1. The minimum atomic E-state index is -0.307. The number of nitrogens with zero attached hydrogens (tertiary/aromatic N) is 2. The van der Waals surface area contributed by atoms with Gasteiger partial charge in [0.05, 0.1) is 6.04 Å². The van der Waals surface area contributed by atoms with E-state index in [1.807, 2.05) is 0 Å². The van der Waals surface area contributed by atoms with Gasteiger partial charge in [0.15, 0.2) is 0 Å². The average Bonchev–Trinajstić information content (AvgIpc) is 2.39. The van der Waals surface area contributed by atoms with Gasteiger partial charge in [0.1, 0.15) is 11.6 Å². The van der Waals surface area contributed by atoms with E-state index < -0.39 is 0 Å². The number of nitrogens with one attached hydrogen (secondary N) is 1. The third-order valence-electron chi connectivity index (χ3n) is 2.69. The van der Waals surface area contributed by atoms with Gasteiger partial charge in [0, 0.05) is 17.4 Å². The second-order valence-corrected chi connectivity index (χ2v) is 4.32. The molecule has 0 fully saturated rings. The maximum atomic E-state index is 13.7. The molecule has 1 N–H and O–H groups in total. The minimum absolute atomic E-state index is 0.123. The normalized spacial score (nSPS) is 12.4. The molecule has 94 valence electrons. The Labute approximate surface area is 110 Å². The van der Waals surface area contributed by atoms with Crippen LogP contribution >= 0.6 is 11.6 Å². The van der Waals surface area contributed by atoms with Crippen LogP contribution in [-0.2, 0) is 6.42 Å². The summed E-state index contributed by atoms with van der Waals surface area (Å²) in [7, 11) is 1.80. The molecular formula is C13H13ClFN3. The van der Waals surface area contributed by atoms with E-state index in [0.29, 0.717) is 22.8 Å². The van der Waals surface area contributed by atoms with Gasteiger partial charge >= 0.3 is 0 Å². The molecule has 1 aromatic heterocycles. The zero-order valence-corrected chi connectivity index (χ0v) is 10.7. The second kappa shape index (κ2) is 5.89. The van der Waals surface area contributed by atoms with E-state index in [1.165, 1.54) is 6.07 Å². The van der Waals surface area contributed by atoms with Crippen molar-refractivity contribution in [1.82, 2.24) is 15.3 Å². The molecule has 5 heteroatoms. The van der Waals surface area contributed by atoms with E-state index in [9.17, 15) is 4.39 Å². The van der Waals surface area contributed by atoms with E-state index in [2.05, 4.69) is 15.3 Å². The van der Waals surface area contributed by atoms with Crippen LogP contribution in [0.25, 0.3) is 0 Å². The predicted molar refractivity (Wildman–Crippen MR) is 68.9 cm³/mol. The third-order valence-corrected chi connectivity index (χ3v) is 2.92. The van der Waals surface area contributed by atoms with Gasteiger partial charge in [-0.2, -0.15) is 0 Å². The summed E-state index contributed by atoms with van der Waals surface area (Å²) in [6.07, 6.45) is 3.82. The van der Waals surface area contributed by atoms with Gasteiger partial charge in [0.2, 0.25) is 0 Å². The monoisotopic (exact) mass is 265 g/mol. The van der Waals surface area contributed by atoms with Crippen LogP contribution in [0.15, 0.2) is 36.7 Å². The van der Waals surface area contributed by atoms with Crippen LogP contribution in [0.5, 0.6) is 0 Å². The highest BCUT2D eigenvalue weighted by molar-refractivity contribution is 6.30. The van der Waals surface area contributed by atoms with Gasteiger partial charge in [-0.15, -0.1) is 0 Å². The van der Waals surface area contributed by atoms with E-state index in [0.717, 1.165) is 0 Å². The summed E-state index contributed by atoms with van der Waals surface area (Å²) in [6.45, 7) is 0. The van der Waals surface area contributed by atoms with Crippen LogP contribution in [0.2, 0.25) is 5.02 Å². The molecule has 18 heavy (non-hydrogen) atoms. The number of halogens is 2. The van der Waals surface area contributed by atoms with Crippen molar-refractivity contribution in [2.45, 2.75) is 12.5 Å². The Bertz CT molecular complexity index is 519. The molecule has 2 aromatic rings. The van der Waals surface area contributed by atoms with Crippen LogP contribution in [-0.4, -0.2) is 17.0 Å². The second-order valence-electron chi connectivity index (χ2n) is 3.89. The van der Waals surface area contributed by atoms with Crippen molar-refractivity contribution in [3.05, 3.63) is 58.9 Å². The fourth-order valence-corrected chi connectivity index (χ4v) is 1.88. The Kier molecular flexibility index (Phi) is 4.23. The molecule has 1 heterocycles. The first-order valence-corrected chi connectivity index (χ1v) is 5.96. The SMILES string of the molecule is CNC(Cc1ccc(Cl)cc1F)c1ncccn1. The summed E-state index contributed by atoms with van der Waals surface area (Å²) in [5.74, 6) is 0.341. The van der Waals surface area contributed by atoms with Crippen molar-refractivity contribution < 1.29 is 4.39 Å². The molecule has 0 aliphatic rings. The Balaban J connectivity index is 2.21. The smallest absolute Gasteiger partial charge is 0.145 e. The van der Waals surface area contributed by atoms with Gasteiger partial charge in [0.25, 0.3) is 0 Å². The highest BCUT2D eigenvalue weighted by Gasteiger charge is 2.15. The molecule has 1 atom stereocenters. The molecule has 0 saturated carbocycles. The molecule has 1 unspecified atom stereocenters. The Morgan fingerprint density at radius 3 is 2.67 bits per heavy atom. The summed E-state index contributed by atoms with van der Waals surface area (Å²) >= 11 is 5.72. The molecule has 2 rings (SSSR count). The van der Waals surface area contributed by atoms with E-state index in [-0.39, 0.29) is 11.9 Å². The predicted octanol–water partition coefficient (Wildman–Crippen LogP) is 2.77. The lowest BCUT2D eigenvalue weighted by molar-refractivity contribution is 0.532. The van der Waals surface area contributed by atoms with Crippen molar-refractivity contribution in [2.75, 3.05) is 7.05 Å². The molecule has 0 spiro atoms. The maximum absolute atomic E-state index is 13.7. The lowest BCUT2D eigenvalue weighted by Crippen LogP contribution is -2.21. The third kappa shape index (κ3) is 3.03. The van der Waals surface area contributed by atoms with Gasteiger partial charge in [-0.3, -0.25) is 0 Å². The van der Waals surface area contributed by atoms with Gasteiger partial charge in [-0.1, -0.05) is 17.7 Å². The van der Waals surface area contributed by atoms with Gasteiger partial charge < -0.3 is 5.32 Å². The molecule has 0 amide bonds. The highest BCUT2D eigenvalue weighted by Crippen LogP contribution is 2.20. The molecule has 3 nitrogen and oxygen atoms in total. The Morgan fingerprint density at radius 2 is 2.06 bits per heavy atom. The number of likely N-dealkylation sites (N-methyl/N-ethyl adjacent to an activating group) is 1. The fraction of sp³-hybridized carbons (Fsp3) is 0.231. The Hall–Kier alpha value is -1.52. The summed E-state index contributed by atoms with van der Waals surface area (Å²) in [5, 5.41) is 3.48. The van der Waals surface area contributed by atoms with Crippen molar-refractivity contribution >= 4 is 11.6 Å². The number of aromatic nitrogens is 2. The molecule has 1 aromatic carbocycles. The van der Waals surface area contributed by atoms with Crippen LogP contribution in [0, 0.1) is 5.82 Å². The largest absolute Gasteiger partial charge is 0.310 e. The zero-order valence-electron chi connectivity index (χ0n) is 9.90. The molecular weight excluding hydrogens is 253 g/mol. The number of rotatable bonds is 4. The van der Waals surface area contributed by atoms with E-state index >= 15 is 0 Å². The van der Waals surface area contributed by atoms with Crippen LogP contribution < -0.4 is 5.32 Å². The van der Waals surface area contributed by atoms with Crippen molar-refractivity contribution in [2.24, 2.45) is 0 Å². The summed E-state index contributed by atoms with van der Waals surface area (Å²) in [6, 6.07) is 6.31. The zero-order chi connectivity index (χ0) is 13.0. The summed E-state index contributed by atoms with van der Waals surface area (Å²) in [4.78, 5) is 8.34. The van der Waals surface area contributed by atoms with Crippen LogP contribution in [0.3, 0.4) is 0 Å². The molecule has 0 aliphatic carbocycles. The van der Waals surface area contributed by atoms with Crippen molar-refractivity contribution in [3.8, 4) is 0 Å². The van der Waals surface area contributed by atoms with Crippen LogP contribution in [0.4, 0.5) is 4.39 Å². The van der Waals surface area contributed by atoms with Crippen molar-refractivity contribution in [1.29, 1.82) is 0 Å². The van der Waals surface area contributed by atoms with Crippen molar-refractivity contribution in [3.63, 3.8) is 0 Å². The Morgan fingerprint density at radius 1 is 1.33 bits per heavy atom. The van der Waals surface area contributed by atoms with E-state index in [4.69, 9.17) is 11.6 Å². The first-order valence-electron chi connectivity index (χ1n) is 5.59. The van der Waals surface area contributed by atoms with Gasteiger partial charge in [-0.05, 0) is 37.2 Å². The number of hydrogen-bond acceptors (Lipinski definition) is 3. The quantitative estimate of drug-likeness (QED) is 0.924. The lowest BCUT2D eigenvalue weighted by atomic mass is 10.0.